The minimum atomic E-state index is -0.354. The molecule has 7 heteroatoms. The van der Waals surface area contributed by atoms with Gasteiger partial charge < -0.3 is 9.80 Å². The lowest BCUT2D eigenvalue weighted by molar-refractivity contribution is -0.130. The summed E-state index contributed by atoms with van der Waals surface area (Å²) >= 11 is 0. The molecule has 0 spiro atoms. The summed E-state index contributed by atoms with van der Waals surface area (Å²) in [7, 11) is 0. The highest BCUT2D eigenvalue weighted by Gasteiger charge is 2.49. The van der Waals surface area contributed by atoms with E-state index in [4.69, 9.17) is 0 Å². The lowest BCUT2D eigenvalue weighted by atomic mass is 9.89. The zero-order valence-corrected chi connectivity index (χ0v) is 16.6. The summed E-state index contributed by atoms with van der Waals surface area (Å²) < 4.78 is 1.40. The van der Waals surface area contributed by atoms with Crippen molar-refractivity contribution in [3.8, 4) is 0 Å². The summed E-state index contributed by atoms with van der Waals surface area (Å²) in [5.41, 5.74) is 1.33. The fraction of sp³-hybridized carbons (Fsp3) is 0.304. The topological polar surface area (TPSA) is 75.0 Å². The zero-order valence-electron chi connectivity index (χ0n) is 16.6. The van der Waals surface area contributed by atoms with E-state index in [0.29, 0.717) is 25.3 Å². The molecule has 7 nitrogen and oxygen atoms in total. The van der Waals surface area contributed by atoms with Crippen molar-refractivity contribution in [3.05, 3.63) is 82.4 Å². The van der Waals surface area contributed by atoms with Crippen LogP contribution in [0.1, 0.15) is 28.9 Å². The Hall–Kier alpha value is -3.48. The van der Waals surface area contributed by atoms with Crippen LogP contribution in [0.25, 0.3) is 5.65 Å². The fourth-order valence-electron chi connectivity index (χ4n) is 4.96. The van der Waals surface area contributed by atoms with Crippen LogP contribution in [0.3, 0.4) is 0 Å². The molecule has 1 aromatic carbocycles. The molecular formula is C23H22N4O3. The molecule has 30 heavy (non-hydrogen) atoms. The largest absolute Gasteiger partial charge is 0.338 e. The summed E-state index contributed by atoms with van der Waals surface area (Å²) in [4.78, 5) is 46.2. The summed E-state index contributed by atoms with van der Waals surface area (Å²) in [5.74, 6) is 0.102. The number of amides is 2. The van der Waals surface area contributed by atoms with Crippen molar-refractivity contribution in [2.24, 2.45) is 11.8 Å². The van der Waals surface area contributed by atoms with Crippen molar-refractivity contribution in [1.82, 2.24) is 19.2 Å². The first-order chi connectivity index (χ1) is 14.5. The minimum Gasteiger partial charge on any atom is -0.338 e. The number of carbonyl (C=O) groups is 2. The molecule has 2 aromatic heterocycles. The van der Waals surface area contributed by atoms with E-state index in [1.54, 1.807) is 36.2 Å². The lowest BCUT2D eigenvalue weighted by Crippen LogP contribution is -2.38. The van der Waals surface area contributed by atoms with Crippen LogP contribution in [0.15, 0.2) is 65.7 Å². The molecule has 2 aliphatic rings. The molecule has 3 aromatic rings. The Morgan fingerprint density at radius 2 is 1.77 bits per heavy atom. The van der Waals surface area contributed by atoms with Crippen LogP contribution in [-0.4, -0.2) is 50.6 Å². The number of hydrogen-bond donors (Lipinski definition) is 0. The van der Waals surface area contributed by atoms with E-state index in [-0.39, 0.29) is 40.8 Å². The molecule has 152 valence electrons. The Bertz CT molecular complexity index is 1190. The number of hydrogen-bond acceptors (Lipinski definition) is 4. The molecule has 0 aliphatic carbocycles. The third kappa shape index (κ3) is 2.89. The van der Waals surface area contributed by atoms with Gasteiger partial charge in [0.1, 0.15) is 11.2 Å². The van der Waals surface area contributed by atoms with Gasteiger partial charge in [-0.25, -0.2) is 4.98 Å². The quantitative estimate of drug-likeness (QED) is 0.657. The van der Waals surface area contributed by atoms with Crippen molar-refractivity contribution < 1.29 is 9.59 Å². The predicted molar refractivity (Wildman–Crippen MR) is 111 cm³/mol. The number of carbonyl (C=O) groups excluding carboxylic acids is 2. The molecular weight excluding hydrogens is 380 g/mol. The zero-order chi connectivity index (χ0) is 20.8. The Kier molecular flexibility index (Phi) is 4.38. The van der Waals surface area contributed by atoms with Gasteiger partial charge in [-0.1, -0.05) is 36.4 Å². The van der Waals surface area contributed by atoms with Crippen LogP contribution < -0.4 is 5.56 Å². The van der Waals surface area contributed by atoms with E-state index in [2.05, 4.69) is 4.98 Å². The van der Waals surface area contributed by atoms with E-state index in [1.165, 1.54) is 10.6 Å². The highest BCUT2D eigenvalue weighted by Crippen LogP contribution is 2.45. The fourth-order valence-corrected chi connectivity index (χ4v) is 4.96. The smallest absolute Gasteiger partial charge is 0.270 e. The third-order valence-electron chi connectivity index (χ3n) is 6.34. The summed E-state index contributed by atoms with van der Waals surface area (Å²) in [6, 6.07) is 15.2. The molecule has 0 saturated carbocycles. The molecule has 2 saturated heterocycles. The van der Waals surface area contributed by atoms with Gasteiger partial charge in [-0.3, -0.25) is 18.8 Å². The predicted octanol–water partition coefficient (Wildman–Crippen LogP) is 1.99. The van der Waals surface area contributed by atoms with Gasteiger partial charge in [-0.15, -0.1) is 0 Å². The van der Waals surface area contributed by atoms with Crippen LogP contribution in [0, 0.1) is 11.8 Å². The van der Waals surface area contributed by atoms with Crippen LogP contribution in [-0.2, 0) is 4.79 Å². The minimum absolute atomic E-state index is 0.0492. The van der Waals surface area contributed by atoms with Gasteiger partial charge >= 0.3 is 0 Å². The van der Waals surface area contributed by atoms with Crippen LogP contribution in [0.4, 0.5) is 0 Å². The second kappa shape index (κ2) is 7.09. The molecule has 0 bridgehead atoms. The molecule has 4 heterocycles. The van der Waals surface area contributed by atoms with Crippen LogP contribution in [0.2, 0.25) is 0 Å². The number of pyridine rings is 1. The number of benzene rings is 1. The number of aromatic nitrogens is 2. The van der Waals surface area contributed by atoms with E-state index >= 15 is 0 Å². The Labute approximate surface area is 173 Å². The van der Waals surface area contributed by atoms with Gasteiger partial charge in [0.25, 0.3) is 11.5 Å². The first kappa shape index (κ1) is 18.5. The SMILES string of the molecule is CC(=O)N1C[C@H]2CN(C(=O)c3cnc4ccccn4c3=O)C[C@H]2[C@H]1c1ccccc1. The molecule has 3 atom stereocenters. The molecule has 5 rings (SSSR count). The standard InChI is InChI=1S/C23H22N4O3/c1-15(28)27-13-17-12-25(14-19(17)21(27)16-7-3-2-4-8-16)22(29)18-11-24-20-9-5-6-10-26(20)23(18)30/h2-11,17,19,21H,12-14H2,1H3/t17-,19-,21-/m1/s1. The van der Waals surface area contributed by atoms with Crippen molar-refractivity contribution in [2.45, 2.75) is 13.0 Å². The first-order valence-electron chi connectivity index (χ1n) is 10.1. The lowest BCUT2D eigenvalue weighted by Gasteiger charge is -2.29. The van der Waals surface area contributed by atoms with Crippen molar-refractivity contribution in [1.29, 1.82) is 0 Å². The maximum atomic E-state index is 13.2. The monoisotopic (exact) mass is 402 g/mol. The molecule has 2 amide bonds. The van der Waals surface area contributed by atoms with Crippen molar-refractivity contribution in [2.75, 3.05) is 19.6 Å². The van der Waals surface area contributed by atoms with E-state index < -0.39 is 0 Å². The van der Waals surface area contributed by atoms with Gasteiger partial charge in [-0.2, -0.15) is 0 Å². The number of fused-ring (bicyclic) bond motifs is 2. The first-order valence-corrected chi connectivity index (χ1v) is 10.1. The van der Waals surface area contributed by atoms with Crippen molar-refractivity contribution in [3.63, 3.8) is 0 Å². The van der Waals surface area contributed by atoms with Gasteiger partial charge in [0.05, 0.1) is 6.04 Å². The Balaban J connectivity index is 1.45. The summed E-state index contributed by atoms with van der Waals surface area (Å²) in [5, 5.41) is 0. The van der Waals surface area contributed by atoms with Gasteiger partial charge in [0.2, 0.25) is 5.91 Å². The van der Waals surface area contributed by atoms with Gasteiger partial charge in [0.15, 0.2) is 0 Å². The second-order valence-corrected chi connectivity index (χ2v) is 8.07. The van der Waals surface area contributed by atoms with E-state index in [1.807, 2.05) is 35.2 Å². The van der Waals surface area contributed by atoms with Crippen molar-refractivity contribution >= 4 is 17.5 Å². The van der Waals surface area contributed by atoms with E-state index in [9.17, 15) is 14.4 Å². The maximum absolute atomic E-state index is 13.2. The summed E-state index contributed by atoms with van der Waals surface area (Å²) in [6.07, 6.45) is 3.00. The Morgan fingerprint density at radius 3 is 2.53 bits per heavy atom. The Morgan fingerprint density at radius 1 is 1.00 bits per heavy atom. The molecule has 0 N–H and O–H groups in total. The number of nitrogens with zero attached hydrogens (tertiary/aromatic N) is 4. The van der Waals surface area contributed by atoms with Crippen LogP contribution in [0.5, 0.6) is 0 Å². The highest BCUT2D eigenvalue weighted by atomic mass is 16.2. The molecule has 2 aliphatic heterocycles. The molecule has 2 fully saturated rings. The average Bonchev–Trinajstić information content (AvgIpc) is 3.32. The normalized spacial score (nSPS) is 23.0. The number of likely N-dealkylation sites (tertiary alicyclic amines) is 2. The third-order valence-corrected chi connectivity index (χ3v) is 6.34. The second-order valence-electron chi connectivity index (χ2n) is 8.07. The maximum Gasteiger partial charge on any atom is 0.270 e. The average molecular weight is 402 g/mol. The van der Waals surface area contributed by atoms with Gasteiger partial charge in [0, 0.05) is 50.8 Å². The summed E-state index contributed by atoms with van der Waals surface area (Å²) in [6.45, 7) is 3.28. The van der Waals surface area contributed by atoms with Gasteiger partial charge in [-0.05, 0) is 17.7 Å². The highest BCUT2D eigenvalue weighted by molar-refractivity contribution is 5.94. The molecule has 0 unspecified atom stereocenters. The van der Waals surface area contributed by atoms with E-state index in [0.717, 1.165) is 5.56 Å². The molecule has 0 radical (unpaired) electrons. The van der Waals surface area contributed by atoms with Crippen LogP contribution >= 0.6 is 0 Å². The number of rotatable bonds is 2.